The molecule has 0 unspecified atom stereocenters. The molecule has 0 spiro atoms. The first-order valence-electron chi connectivity index (χ1n) is 4.52. The van der Waals surface area contributed by atoms with Gasteiger partial charge >= 0.3 is 0 Å². The monoisotopic (exact) mass is 182 g/mol. The topological polar surface area (TPSA) is 9.23 Å². The fourth-order valence-corrected chi connectivity index (χ4v) is 2.22. The summed E-state index contributed by atoms with van der Waals surface area (Å²) in [5, 5.41) is 0. The zero-order chi connectivity index (χ0) is 9.19. The minimum Gasteiger partial charge on any atom is -0.548 e. The summed E-state index contributed by atoms with van der Waals surface area (Å²) in [5.41, 5.74) is 1.33. The zero-order valence-electron chi connectivity index (χ0n) is 8.31. The molecule has 1 aliphatic carbocycles. The number of rotatable bonds is 2. The summed E-state index contributed by atoms with van der Waals surface area (Å²) in [5.74, 6) is 1.20. The summed E-state index contributed by atoms with van der Waals surface area (Å²) in [6.45, 7) is 10.6. The molecule has 0 N–H and O–H groups in total. The molecular weight excluding hydrogens is 164 g/mol. The van der Waals surface area contributed by atoms with Gasteiger partial charge in [-0.2, -0.15) is 0 Å². The highest BCUT2D eigenvalue weighted by Crippen LogP contribution is 2.24. The fourth-order valence-electron chi connectivity index (χ4n) is 1.25. The minimum absolute atomic E-state index is 1.01. The lowest BCUT2D eigenvalue weighted by molar-refractivity contribution is 0.391. The largest absolute Gasteiger partial charge is 0.548 e. The van der Waals surface area contributed by atoms with Crippen molar-refractivity contribution < 1.29 is 4.43 Å². The molecule has 2 heteroatoms. The third-order valence-electron chi connectivity index (χ3n) is 1.78. The van der Waals surface area contributed by atoms with Gasteiger partial charge in [-0.15, -0.1) is 0 Å². The predicted octanol–water partition coefficient (Wildman–Crippen LogP) is 3.46. The van der Waals surface area contributed by atoms with E-state index in [-0.39, 0.29) is 0 Å². The molecule has 0 heterocycles. The van der Waals surface area contributed by atoms with Gasteiger partial charge in [0, 0.05) is 6.42 Å². The lowest BCUT2D eigenvalue weighted by atomic mass is 10.0. The Hall–Kier alpha value is -0.503. The van der Waals surface area contributed by atoms with Crippen molar-refractivity contribution in [1.29, 1.82) is 0 Å². The first-order chi connectivity index (χ1) is 5.47. The highest BCUT2D eigenvalue weighted by molar-refractivity contribution is 6.70. The molecule has 0 aliphatic heterocycles. The van der Waals surface area contributed by atoms with Crippen LogP contribution in [0.1, 0.15) is 19.3 Å². The molecule has 1 aliphatic rings. The van der Waals surface area contributed by atoms with Crippen molar-refractivity contribution in [2.24, 2.45) is 0 Å². The van der Waals surface area contributed by atoms with Crippen molar-refractivity contribution in [3.63, 3.8) is 0 Å². The molecule has 0 radical (unpaired) electrons. The van der Waals surface area contributed by atoms with Crippen LogP contribution in [0.4, 0.5) is 0 Å². The lowest BCUT2D eigenvalue weighted by Crippen LogP contribution is -2.25. The first-order valence-corrected chi connectivity index (χ1v) is 7.93. The van der Waals surface area contributed by atoms with E-state index in [0.717, 1.165) is 19.3 Å². The van der Waals surface area contributed by atoms with Crippen molar-refractivity contribution in [3.8, 4) is 0 Å². The Labute approximate surface area is 76.3 Å². The van der Waals surface area contributed by atoms with E-state index in [1.807, 2.05) is 0 Å². The van der Waals surface area contributed by atoms with Gasteiger partial charge in [0.25, 0.3) is 0 Å². The maximum absolute atomic E-state index is 5.89. The highest BCUT2D eigenvalue weighted by atomic mass is 28.4. The molecule has 0 saturated carbocycles. The SMILES string of the molecule is C=C1CC=C(O[Si](C)(C)C)CC1. The van der Waals surface area contributed by atoms with E-state index in [4.69, 9.17) is 4.43 Å². The minimum atomic E-state index is -1.36. The summed E-state index contributed by atoms with van der Waals surface area (Å²) >= 11 is 0. The zero-order valence-corrected chi connectivity index (χ0v) is 9.31. The summed E-state index contributed by atoms with van der Waals surface area (Å²) in [6.07, 6.45) is 5.36. The van der Waals surface area contributed by atoms with Crippen molar-refractivity contribution in [1.82, 2.24) is 0 Å². The van der Waals surface area contributed by atoms with E-state index in [2.05, 4.69) is 32.3 Å². The summed E-state index contributed by atoms with van der Waals surface area (Å²) < 4.78 is 5.89. The van der Waals surface area contributed by atoms with Crippen LogP contribution in [0.3, 0.4) is 0 Å². The van der Waals surface area contributed by atoms with E-state index < -0.39 is 8.32 Å². The Morgan fingerprint density at radius 2 is 2.00 bits per heavy atom. The molecule has 12 heavy (non-hydrogen) atoms. The maximum Gasteiger partial charge on any atom is 0.241 e. The highest BCUT2D eigenvalue weighted by Gasteiger charge is 2.18. The molecular formula is C10H18OSi. The van der Waals surface area contributed by atoms with Crippen LogP contribution in [0.25, 0.3) is 0 Å². The number of allylic oxidation sites excluding steroid dienone is 3. The summed E-state index contributed by atoms with van der Waals surface area (Å²) in [6, 6.07) is 0. The average Bonchev–Trinajstić information content (AvgIpc) is 1.91. The quantitative estimate of drug-likeness (QED) is 0.469. The molecule has 0 aromatic rings. The predicted molar refractivity (Wildman–Crippen MR) is 55.5 cm³/mol. The third kappa shape index (κ3) is 3.26. The molecule has 0 aromatic heterocycles. The van der Waals surface area contributed by atoms with Crippen molar-refractivity contribution in [2.75, 3.05) is 0 Å². The molecule has 1 rings (SSSR count). The van der Waals surface area contributed by atoms with Crippen molar-refractivity contribution >= 4 is 8.32 Å². The first kappa shape index (κ1) is 9.58. The number of hydrogen-bond donors (Lipinski definition) is 0. The van der Waals surface area contributed by atoms with E-state index in [1.165, 1.54) is 11.3 Å². The van der Waals surface area contributed by atoms with Gasteiger partial charge in [0.2, 0.25) is 8.32 Å². The van der Waals surface area contributed by atoms with Gasteiger partial charge in [-0.05, 0) is 38.6 Å². The van der Waals surface area contributed by atoms with Gasteiger partial charge < -0.3 is 4.43 Å². The summed E-state index contributed by atoms with van der Waals surface area (Å²) in [4.78, 5) is 0. The van der Waals surface area contributed by atoms with Gasteiger partial charge in [0.15, 0.2) is 0 Å². The Morgan fingerprint density at radius 3 is 2.42 bits per heavy atom. The van der Waals surface area contributed by atoms with Crippen molar-refractivity contribution in [2.45, 2.75) is 38.9 Å². The Bertz CT molecular complexity index is 210. The lowest BCUT2D eigenvalue weighted by Gasteiger charge is -2.24. The number of hydrogen-bond acceptors (Lipinski definition) is 1. The van der Waals surface area contributed by atoms with Gasteiger partial charge in [-0.1, -0.05) is 12.2 Å². The van der Waals surface area contributed by atoms with Crippen LogP contribution in [0, 0.1) is 0 Å². The molecule has 0 aromatic carbocycles. The van der Waals surface area contributed by atoms with Crippen LogP contribution in [-0.2, 0) is 4.43 Å². The van der Waals surface area contributed by atoms with Gasteiger partial charge in [-0.25, -0.2) is 0 Å². The standard InChI is InChI=1S/C10H18OSi/c1-9-5-7-10(8-6-9)11-12(2,3)4/h7H,1,5-6,8H2,2-4H3. The summed E-state index contributed by atoms with van der Waals surface area (Å²) in [7, 11) is -1.36. The fraction of sp³-hybridized carbons (Fsp3) is 0.600. The van der Waals surface area contributed by atoms with Crippen LogP contribution in [0.15, 0.2) is 24.0 Å². The second-order valence-electron chi connectivity index (χ2n) is 4.34. The van der Waals surface area contributed by atoms with E-state index in [1.54, 1.807) is 0 Å². The average molecular weight is 182 g/mol. The molecule has 0 fully saturated rings. The van der Waals surface area contributed by atoms with Crippen LogP contribution >= 0.6 is 0 Å². The van der Waals surface area contributed by atoms with Crippen LogP contribution in [0.2, 0.25) is 19.6 Å². The molecule has 68 valence electrons. The van der Waals surface area contributed by atoms with Crippen molar-refractivity contribution in [3.05, 3.63) is 24.0 Å². The molecule has 0 saturated heterocycles. The Morgan fingerprint density at radius 1 is 1.33 bits per heavy atom. The van der Waals surface area contributed by atoms with Gasteiger partial charge in [-0.3, -0.25) is 0 Å². The molecule has 0 amide bonds. The molecule has 0 atom stereocenters. The normalized spacial score (nSPS) is 18.9. The molecule has 0 bridgehead atoms. The van der Waals surface area contributed by atoms with Gasteiger partial charge in [0.05, 0.1) is 5.76 Å². The van der Waals surface area contributed by atoms with Gasteiger partial charge in [0.1, 0.15) is 0 Å². The van der Waals surface area contributed by atoms with Crippen LogP contribution in [0.5, 0.6) is 0 Å². The Kier molecular flexibility index (Phi) is 2.78. The van der Waals surface area contributed by atoms with Crippen LogP contribution in [-0.4, -0.2) is 8.32 Å². The maximum atomic E-state index is 5.89. The smallest absolute Gasteiger partial charge is 0.241 e. The van der Waals surface area contributed by atoms with E-state index >= 15 is 0 Å². The Balaban J connectivity index is 2.49. The second kappa shape index (κ2) is 3.48. The second-order valence-corrected chi connectivity index (χ2v) is 8.77. The molecule has 1 nitrogen and oxygen atoms in total. The van der Waals surface area contributed by atoms with Crippen LogP contribution < -0.4 is 0 Å². The van der Waals surface area contributed by atoms with E-state index in [0.29, 0.717) is 0 Å². The third-order valence-corrected chi connectivity index (χ3v) is 2.66. The van der Waals surface area contributed by atoms with E-state index in [9.17, 15) is 0 Å².